The fraction of sp³-hybridized carbons (Fsp3) is 0.375. The molecule has 1 aliphatic carbocycles. The highest BCUT2D eigenvalue weighted by atomic mass is 16.2. The van der Waals surface area contributed by atoms with Crippen molar-refractivity contribution in [2.45, 2.75) is 51.6 Å². The molecule has 1 aromatic heterocycles. The monoisotopic (exact) mass is 389 g/mol. The Kier molecular flexibility index (Phi) is 5.74. The SMILES string of the molecule is CCN(C(=O)Cn1nc(C(=O)c2ccccc2)c2ccccc21)C1CCCCC1. The van der Waals surface area contributed by atoms with Gasteiger partial charge in [-0.1, -0.05) is 67.8 Å². The Morgan fingerprint density at radius 1 is 1.00 bits per heavy atom. The van der Waals surface area contributed by atoms with Crippen molar-refractivity contribution >= 4 is 22.6 Å². The molecule has 5 nitrogen and oxygen atoms in total. The molecule has 1 heterocycles. The van der Waals surface area contributed by atoms with Crippen molar-refractivity contribution in [3.8, 4) is 0 Å². The summed E-state index contributed by atoms with van der Waals surface area (Å²) < 4.78 is 1.69. The molecule has 0 spiro atoms. The molecule has 0 aliphatic heterocycles. The number of nitrogens with zero attached hydrogens (tertiary/aromatic N) is 3. The number of hydrogen-bond acceptors (Lipinski definition) is 3. The van der Waals surface area contributed by atoms with Crippen LogP contribution in [0, 0.1) is 0 Å². The summed E-state index contributed by atoms with van der Waals surface area (Å²) in [6.45, 7) is 2.91. The van der Waals surface area contributed by atoms with Crippen LogP contribution in [-0.4, -0.2) is 39.0 Å². The molecule has 0 bridgehead atoms. The lowest BCUT2D eigenvalue weighted by Gasteiger charge is -2.33. The Morgan fingerprint density at radius 2 is 1.69 bits per heavy atom. The minimum Gasteiger partial charge on any atom is -0.338 e. The van der Waals surface area contributed by atoms with E-state index in [9.17, 15) is 9.59 Å². The zero-order valence-electron chi connectivity index (χ0n) is 16.9. The number of likely N-dealkylation sites (N-methyl/N-ethyl adjacent to an activating group) is 1. The van der Waals surface area contributed by atoms with Gasteiger partial charge in [0.1, 0.15) is 12.2 Å². The topological polar surface area (TPSA) is 55.2 Å². The summed E-state index contributed by atoms with van der Waals surface area (Å²) in [7, 11) is 0. The van der Waals surface area contributed by atoms with Gasteiger partial charge in [-0.25, -0.2) is 0 Å². The fourth-order valence-corrected chi connectivity index (χ4v) is 4.39. The first-order valence-corrected chi connectivity index (χ1v) is 10.5. The van der Waals surface area contributed by atoms with Crippen LogP contribution in [0.3, 0.4) is 0 Å². The molecule has 2 aromatic carbocycles. The van der Waals surface area contributed by atoms with Crippen molar-refractivity contribution in [3.63, 3.8) is 0 Å². The maximum absolute atomic E-state index is 13.1. The lowest BCUT2D eigenvalue weighted by atomic mass is 9.94. The number of ketones is 1. The molecule has 3 aromatic rings. The second-order valence-corrected chi connectivity index (χ2v) is 7.69. The van der Waals surface area contributed by atoms with E-state index in [2.05, 4.69) is 5.10 Å². The molecular formula is C24H27N3O2. The Labute approximate surface area is 171 Å². The second kappa shape index (κ2) is 8.60. The maximum Gasteiger partial charge on any atom is 0.244 e. The van der Waals surface area contributed by atoms with Crippen LogP contribution < -0.4 is 0 Å². The van der Waals surface area contributed by atoms with Gasteiger partial charge in [0.25, 0.3) is 0 Å². The third-order valence-electron chi connectivity index (χ3n) is 5.87. The van der Waals surface area contributed by atoms with Crippen LogP contribution in [-0.2, 0) is 11.3 Å². The van der Waals surface area contributed by atoms with Crippen molar-refractivity contribution in [2.75, 3.05) is 6.54 Å². The second-order valence-electron chi connectivity index (χ2n) is 7.69. The maximum atomic E-state index is 13.1. The first-order chi connectivity index (χ1) is 14.2. The number of carbonyl (C=O) groups is 2. The standard InChI is InChI=1S/C24H27N3O2/c1-2-26(19-13-7-4-8-14-19)22(28)17-27-21-16-10-9-15-20(21)23(25-27)24(29)18-11-5-3-6-12-18/h3,5-6,9-12,15-16,19H,2,4,7-8,13-14,17H2,1H3. The van der Waals surface area contributed by atoms with Gasteiger partial charge in [-0.05, 0) is 25.8 Å². The van der Waals surface area contributed by atoms with Crippen LogP contribution >= 0.6 is 0 Å². The number of carbonyl (C=O) groups excluding carboxylic acids is 2. The summed E-state index contributed by atoms with van der Waals surface area (Å²) >= 11 is 0. The normalized spacial score (nSPS) is 14.8. The smallest absolute Gasteiger partial charge is 0.244 e. The number of benzene rings is 2. The zero-order chi connectivity index (χ0) is 20.2. The molecule has 5 heteroatoms. The van der Waals surface area contributed by atoms with Crippen molar-refractivity contribution < 1.29 is 9.59 Å². The van der Waals surface area contributed by atoms with Crippen LogP contribution in [0.1, 0.15) is 55.1 Å². The van der Waals surface area contributed by atoms with Crippen LogP contribution in [0.2, 0.25) is 0 Å². The number of para-hydroxylation sites is 1. The largest absolute Gasteiger partial charge is 0.338 e. The third kappa shape index (κ3) is 3.95. The van der Waals surface area contributed by atoms with Gasteiger partial charge in [-0.15, -0.1) is 0 Å². The van der Waals surface area contributed by atoms with E-state index in [-0.39, 0.29) is 18.2 Å². The van der Waals surface area contributed by atoms with Crippen LogP contribution in [0.5, 0.6) is 0 Å². The summed E-state index contributed by atoms with van der Waals surface area (Å²) in [6, 6.07) is 17.1. The highest BCUT2D eigenvalue weighted by molar-refractivity contribution is 6.14. The number of rotatable bonds is 6. The van der Waals surface area contributed by atoms with Gasteiger partial charge < -0.3 is 4.90 Å². The third-order valence-corrected chi connectivity index (χ3v) is 5.87. The van der Waals surface area contributed by atoms with Crippen LogP contribution in [0.4, 0.5) is 0 Å². The summed E-state index contributed by atoms with van der Waals surface area (Å²) in [6.07, 6.45) is 5.80. The van der Waals surface area contributed by atoms with Crippen molar-refractivity contribution in [2.24, 2.45) is 0 Å². The molecule has 0 atom stereocenters. The molecule has 29 heavy (non-hydrogen) atoms. The zero-order valence-corrected chi connectivity index (χ0v) is 16.9. The Bertz CT molecular complexity index is 1000. The fourth-order valence-electron chi connectivity index (χ4n) is 4.39. The van der Waals surface area contributed by atoms with E-state index in [4.69, 9.17) is 0 Å². The van der Waals surface area contributed by atoms with E-state index in [1.807, 2.05) is 54.3 Å². The minimum absolute atomic E-state index is 0.0753. The first-order valence-electron chi connectivity index (χ1n) is 10.5. The Balaban J connectivity index is 1.64. The molecule has 1 amide bonds. The molecule has 0 radical (unpaired) electrons. The Hall–Kier alpha value is -2.95. The minimum atomic E-state index is -0.118. The summed E-state index contributed by atoms with van der Waals surface area (Å²) in [4.78, 5) is 28.1. The van der Waals surface area contributed by atoms with E-state index in [1.54, 1.807) is 16.8 Å². The molecule has 1 fully saturated rings. The molecule has 4 rings (SSSR count). The average molecular weight is 389 g/mol. The summed E-state index contributed by atoms with van der Waals surface area (Å²) in [5.74, 6) is -0.0426. The van der Waals surface area contributed by atoms with Gasteiger partial charge in [-0.3, -0.25) is 14.3 Å². The average Bonchev–Trinajstić information content (AvgIpc) is 3.13. The molecule has 0 unspecified atom stereocenters. The molecule has 0 saturated heterocycles. The predicted molar refractivity (Wildman–Crippen MR) is 114 cm³/mol. The molecule has 1 aliphatic rings. The van der Waals surface area contributed by atoms with E-state index < -0.39 is 0 Å². The van der Waals surface area contributed by atoms with Crippen LogP contribution in [0.15, 0.2) is 54.6 Å². The van der Waals surface area contributed by atoms with Gasteiger partial charge in [0.05, 0.1) is 5.52 Å². The van der Waals surface area contributed by atoms with E-state index in [1.165, 1.54) is 19.3 Å². The highest BCUT2D eigenvalue weighted by Crippen LogP contribution is 2.24. The van der Waals surface area contributed by atoms with E-state index >= 15 is 0 Å². The van der Waals surface area contributed by atoms with Gasteiger partial charge >= 0.3 is 0 Å². The van der Waals surface area contributed by atoms with E-state index in [0.29, 0.717) is 23.8 Å². The molecule has 150 valence electrons. The van der Waals surface area contributed by atoms with Gasteiger partial charge in [0.2, 0.25) is 11.7 Å². The quantitative estimate of drug-likeness (QED) is 0.585. The summed E-state index contributed by atoms with van der Waals surface area (Å²) in [5.41, 5.74) is 1.83. The van der Waals surface area contributed by atoms with Gasteiger partial charge in [-0.2, -0.15) is 5.10 Å². The molecular weight excluding hydrogens is 362 g/mol. The van der Waals surface area contributed by atoms with Crippen molar-refractivity contribution in [1.29, 1.82) is 0 Å². The Morgan fingerprint density at radius 3 is 2.41 bits per heavy atom. The van der Waals surface area contributed by atoms with Crippen LogP contribution in [0.25, 0.3) is 10.9 Å². The lowest BCUT2D eigenvalue weighted by molar-refractivity contribution is -0.134. The number of hydrogen-bond donors (Lipinski definition) is 0. The van der Waals surface area contributed by atoms with Gasteiger partial charge in [0.15, 0.2) is 0 Å². The predicted octanol–water partition coefficient (Wildman–Crippen LogP) is 4.45. The molecule has 0 N–H and O–H groups in total. The molecule has 1 saturated carbocycles. The number of aromatic nitrogens is 2. The first kappa shape index (κ1) is 19.4. The van der Waals surface area contributed by atoms with Gasteiger partial charge in [0, 0.05) is 23.5 Å². The van der Waals surface area contributed by atoms with E-state index in [0.717, 1.165) is 23.7 Å². The highest BCUT2D eigenvalue weighted by Gasteiger charge is 2.26. The lowest BCUT2D eigenvalue weighted by Crippen LogP contribution is -2.43. The number of amides is 1. The number of fused-ring (bicyclic) bond motifs is 1. The van der Waals surface area contributed by atoms with Crippen molar-refractivity contribution in [3.05, 3.63) is 65.9 Å². The van der Waals surface area contributed by atoms with Crippen molar-refractivity contribution in [1.82, 2.24) is 14.7 Å². The summed E-state index contributed by atoms with van der Waals surface area (Å²) in [5, 5.41) is 5.37.